The van der Waals surface area contributed by atoms with Gasteiger partial charge in [-0.3, -0.25) is 24.7 Å². The van der Waals surface area contributed by atoms with Crippen molar-refractivity contribution in [3.8, 4) is 5.95 Å². The minimum atomic E-state index is -0.572. The standard InChI is InChI=1S/C18H18N6O4/c1-4-14-11(3)19-18(21-17(14)26)23-15(8-10(2)22-23)20-16(25)12-6-5-7-13(9-12)24(27)28/h5-9H,4H2,1-3H3,(H,20,25)(H,19,21,26). The number of carbonyl (C=O) groups excluding carboxylic acids is 1. The predicted molar refractivity (Wildman–Crippen MR) is 102 cm³/mol. The zero-order valence-electron chi connectivity index (χ0n) is 15.5. The number of non-ortho nitro benzene ring substituents is 1. The average Bonchev–Trinajstić information content (AvgIpc) is 3.01. The Balaban J connectivity index is 1.97. The van der Waals surface area contributed by atoms with Gasteiger partial charge in [-0.05, 0) is 26.3 Å². The largest absolute Gasteiger partial charge is 0.306 e. The number of aryl methyl sites for hydroxylation is 2. The van der Waals surface area contributed by atoms with E-state index in [1.807, 2.05) is 6.92 Å². The maximum Gasteiger partial charge on any atom is 0.270 e. The van der Waals surface area contributed by atoms with Crippen LogP contribution in [-0.2, 0) is 6.42 Å². The van der Waals surface area contributed by atoms with Crippen LogP contribution in [0.4, 0.5) is 11.5 Å². The number of H-pyrrole nitrogens is 1. The van der Waals surface area contributed by atoms with Crippen LogP contribution < -0.4 is 10.9 Å². The third-order valence-electron chi connectivity index (χ3n) is 4.16. The highest BCUT2D eigenvalue weighted by atomic mass is 16.6. The van der Waals surface area contributed by atoms with Gasteiger partial charge in [0, 0.05) is 35.0 Å². The molecule has 0 saturated heterocycles. The number of anilines is 1. The summed E-state index contributed by atoms with van der Waals surface area (Å²) in [6.45, 7) is 5.32. The number of carbonyl (C=O) groups is 1. The summed E-state index contributed by atoms with van der Waals surface area (Å²) in [7, 11) is 0. The van der Waals surface area contributed by atoms with Crippen LogP contribution in [0, 0.1) is 24.0 Å². The summed E-state index contributed by atoms with van der Waals surface area (Å²) in [6.07, 6.45) is 0.545. The van der Waals surface area contributed by atoms with E-state index in [0.717, 1.165) is 0 Å². The first-order valence-electron chi connectivity index (χ1n) is 8.52. The normalized spacial score (nSPS) is 10.7. The van der Waals surface area contributed by atoms with Gasteiger partial charge >= 0.3 is 0 Å². The fraction of sp³-hybridized carbons (Fsp3) is 0.222. The van der Waals surface area contributed by atoms with Crippen molar-refractivity contribution in [3.05, 3.63) is 73.3 Å². The fourth-order valence-corrected chi connectivity index (χ4v) is 2.81. The van der Waals surface area contributed by atoms with E-state index in [1.54, 1.807) is 19.9 Å². The van der Waals surface area contributed by atoms with E-state index in [0.29, 0.717) is 23.4 Å². The van der Waals surface area contributed by atoms with Crippen LogP contribution in [0.2, 0.25) is 0 Å². The van der Waals surface area contributed by atoms with Crippen molar-refractivity contribution in [2.45, 2.75) is 27.2 Å². The van der Waals surface area contributed by atoms with Gasteiger partial charge in [-0.15, -0.1) is 0 Å². The van der Waals surface area contributed by atoms with E-state index in [9.17, 15) is 19.7 Å². The van der Waals surface area contributed by atoms with E-state index >= 15 is 0 Å². The second kappa shape index (κ2) is 7.43. The molecule has 10 nitrogen and oxygen atoms in total. The molecule has 0 bridgehead atoms. The highest BCUT2D eigenvalue weighted by molar-refractivity contribution is 6.04. The van der Waals surface area contributed by atoms with Crippen LogP contribution in [-0.4, -0.2) is 30.6 Å². The average molecular weight is 382 g/mol. The molecule has 0 fully saturated rings. The molecule has 0 unspecified atom stereocenters. The summed E-state index contributed by atoms with van der Waals surface area (Å²) < 4.78 is 1.32. The van der Waals surface area contributed by atoms with Gasteiger partial charge in [-0.25, -0.2) is 4.98 Å². The molecule has 0 radical (unpaired) electrons. The van der Waals surface area contributed by atoms with Crippen molar-refractivity contribution in [2.75, 3.05) is 5.32 Å². The highest BCUT2D eigenvalue weighted by Crippen LogP contribution is 2.18. The molecule has 144 valence electrons. The SMILES string of the molecule is CCc1c(C)nc(-n2nc(C)cc2NC(=O)c2cccc([N+](=O)[O-])c2)[nH]c1=O. The molecule has 0 spiro atoms. The number of aromatic nitrogens is 4. The predicted octanol–water partition coefficient (Wildman–Crippen LogP) is 2.30. The first-order chi connectivity index (χ1) is 13.3. The lowest BCUT2D eigenvalue weighted by Gasteiger charge is -2.10. The molecule has 0 saturated carbocycles. The lowest BCUT2D eigenvalue weighted by atomic mass is 10.2. The maximum absolute atomic E-state index is 12.5. The highest BCUT2D eigenvalue weighted by Gasteiger charge is 2.17. The first-order valence-corrected chi connectivity index (χ1v) is 8.52. The van der Waals surface area contributed by atoms with E-state index in [4.69, 9.17) is 0 Å². The van der Waals surface area contributed by atoms with Crippen molar-refractivity contribution < 1.29 is 9.72 Å². The van der Waals surface area contributed by atoms with Crippen LogP contribution in [0.15, 0.2) is 35.1 Å². The Bertz CT molecular complexity index is 1130. The first kappa shape index (κ1) is 19.0. The number of benzene rings is 1. The molecule has 1 amide bonds. The smallest absolute Gasteiger partial charge is 0.270 e. The number of hydrogen-bond acceptors (Lipinski definition) is 6. The lowest BCUT2D eigenvalue weighted by Crippen LogP contribution is -2.22. The van der Waals surface area contributed by atoms with Crippen LogP contribution in [0.5, 0.6) is 0 Å². The fourth-order valence-electron chi connectivity index (χ4n) is 2.81. The number of nitro benzene ring substituents is 1. The molecule has 0 aliphatic rings. The molecule has 10 heteroatoms. The number of amides is 1. The van der Waals surface area contributed by atoms with Gasteiger partial charge in [0.25, 0.3) is 17.2 Å². The van der Waals surface area contributed by atoms with Crippen molar-refractivity contribution in [1.82, 2.24) is 19.7 Å². The molecule has 2 aromatic heterocycles. The number of nitrogens with one attached hydrogen (secondary N) is 2. The molecule has 0 atom stereocenters. The molecule has 3 aromatic rings. The molecule has 0 aliphatic carbocycles. The van der Waals surface area contributed by atoms with Gasteiger partial charge in [0.05, 0.1) is 10.6 Å². The van der Waals surface area contributed by atoms with Crippen LogP contribution >= 0.6 is 0 Å². The molecule has 2 N–H and O–H groups in total. The van der Waals surface area contributed by atoms with Gasteiger partial charge < -0.3 is 5.32 Å². The topological polar surface area (TPSA) is 136 Å². The Kier molecular flexibility index (Phi) is 5.03. The lowest BCUT2D eigenvalue weighted by molar-refractivity contribution is -0.384. The molecule has 0 aliphatic heterocycles. The Hall–Kier alpha value is -3.82. The molecule has 1 aromatic carbocycles. The molecular weight excluding hydrogens is 364 g/mol. The van der Waals surface area contributed by atoms with Crippen LogP contribution in [0.25, 0.3) is 5.95 Å². The van der Waals surface area contributed by atoms with Crippen molar-refractivity contribution in [1.29, 1.82) is 0 Å². The second-order valence-corrected chi connectivity index (χ2v) is 6.15. The van der Waals surface area contributed by atoms with Crippen LogP contribution in [0.3, 0.4) is 0 Å². The zero-order valence-corrected chi connectivity index (χ0v) is 15.5. The third kappa shape index (κ3) is 3.65. The summed E-state index contributed by atoms with van der Waals surface area (Å²) in [5.41, 5.74) is 1.41. The molecule has 3 rings (SSSR count). The zero-order chi connectivity index (χ0) is 20.4. The number of aromatic amines is 1. The molecular formula is C18H18N6O4. The maximum atomic E-state index is 12.5. The molecule has 28 heavy (non-hydrogen) atoms. The van der Waals surface area contributed by atoms with E-state index < -0.39 is 10.8 Å². The van der Waals surface area contributed by atoms with Gasteiger partial charge in [0.15, 0.2) is 0 Å². The molecule has 2 heterocycles. The third-order valence-corrected chi connectivity index (χ3v) is 4.16. The van der Waals surface area contributed by atoms with Gasteiger partial charge in [-0.2, -0.15) is 9.78 Å². The van der Waals surface area contributed by atoms with Crippen LogP contribution in [0.1, 0.15) is 34.2 Å². The Morgan fingerprint density at radius 1 is 1.32 bits per heavy atom. The number of rotatable bonds is 5. The summed E-state index contributed by atoms with van der Waals surface area (Å²) in [5, 5.41) is 17.8. The van der Waals surface area contributed by atoms with Gasteiger partial charge in [0.2, 0.25) is 5.95 Å². The van der Waals surface area contributed by atoms with E-state index in [-0.39, 0.29) is 28.6 Å². The quantitative estimate of drug-likeness (QED) is 0.513. The number of nitro groups is 1. The number of nitrogens with zero attached hydrogens (tertiary/aromatic N) is 4. The van der Waals surface area contributed by atoms with Gasteiger partial charge in [0.1, 0.15) is 5.82 Å². The summed E-state index contributed by atoms with van der Waals surface area (Å²) in [4.78, 5) is 42.2. The van der Waals surface area contributed by atoms with Gasteiger partial charge in [-0.1, -0.05) is 13.0 Å². The minimum absolute atomic E-state index is 0.124. The summed E-state index contributed by atoms with van der Waals surface area (Å²) in [5.74, 6) is -0.1000. The van der Waals surface area contributed by atoms with E-state index in [2.05, 4.69) is 20.4 Å². The summed E-state index contributed by atoms with van der Waals surface area (Å²) >= 11 is 0. The van der Waals surface area contributed by atoms with Crippen molar-refractivity contribution >= 4 is 17.4 Å². The van der Waals surface area contributed by atoms with Crippen molar-refractivity contribution in [3.63, 3.8) is 0 Å². The Labute approximate surface area is 159 Å². The monoisotopic (exact) mass is 382 g/mol. The van der Waals surface area contributed by atoms with Crippen molar-refractivity contribution in [2.24, 2.45) is 0 Å². The second-order valence-electron chi connectivity index (χ2n) is 6.15. The number of hydrogen-bond donors (Lipinski definition) is 2. The minimum Gasteiger partial charge on any atom is -0.306 e. The summed E-state index contributed by atoms with van der Waals surface area (Å²) in [6, 6.07) is 7.00. The Morgan fingerprint density at radius 3 is 2.71 bits per heavy atom. The Morgan fingerprint density at radius 2 is 2.07 bits per heavy atom. The van der Waals surface area contributed by atoms with E-state index in [1.165, 1.54) is 28.9 Å².